The second-order valence-electron chi connectivity index (χ2n) is 4.18. The molecule has 0 spiro atoms. The number of nitrogen functional groups attached to an aromatic ring is 1. The smallest absolute Gasteiger partial charge is 0.277 e. The molecule has 2 aromatic rings. The number of aryl methyl sites for hydroxylation is 1. The van der Waals surface area contributed by atoms with E-state index in [-0.39, 0.29) is 11.5 Å². The van der Waals surface area contributed by atoms with Gasteiger partial charge in [0.25, 0.3) is 5.56 Å². The minimum Gasteiger partial charge on any atom is -0.369 e. The van der Waals surface area contributed by atoms with E-state index in [1.165, 1.54) is 10.4 Å². The summed E-state index contributed by atoms with van der Waals surface area (Å²) in [5.41, 5.74) is 7.10. The first-order chi connectivity index (χ1) is 8.65. The van der Waals surface area contributed by atoms with Crippen LogP contribution in [0.2, 0.25) is 0 Å². The summed E-state index contributed by atoms with van der Waals surface area (Å²) in [6.07, 6.45) is 0. The van der Waals surface area contributed by atoms with Crippen molar-refractivity contribution in [3.8, 4) is 0 Å². The fraction of sp³-hybridized carbons (Fsp3) is 0.273. The van der Waals surface area contributed by atoms with Crippen molar-refractivity contribution in [2.75, 3.05) is 22.6 Å². The molecule has 0 aliphatic carbocycles. The predicted octanol–water partition coefficient (Wildman–Crippen LogP) is 1.11. The summed E-state index contributed by atoms with van der Waals surface area (Å²) in [6.45, 7) is 3.39. The second-order valence-corrected chi connectivity index (χ2v) is 5.30. The molecule has 0 saturated carbocycles. The van der Waals surface area contributed by atoms with Crippen molar-refractivity contribution in [3.63, 3.8) is 0 Å². The van der Waals surface area contributed by atoms with Gasteiger partial charge in [0.05, 0.1) is 6.67 Å². The summed E-state index contributed by atoms with van der Waals surface area (Å²) in [7, 11) is 0. The number of fused-ring (bicyclic) bond motifs is 1. The number of aromatic amines is 1. The zero-order valence-electron chi connectivity index (χ0n) is 9.86. The monoisotopic (exact) mass is 263 g/mol. The van der Waals surface area contributed by atoms with Crippen LogP contribution < -0.4 is 21.5 Å². The summed E-state index contributed by atoms with van der Waals surface area (Å²) >= 11 is 1.72. The number of rotatable bonds is 2. The van der Waals surface area contributed by atoms with Crippen LogP contribution in [0.1, 0.15) is 10.4 Å². The molecule has 0 amide bonds. The molecule has 6 nitrogen and oxygen atoms in total. The highest BCUT2D eigenvalue weighted by Crippen LogP contribution is 2.28. The van der Waals surface area contributed by atoms with Gasteiger partial charge in [-0.25, -0.2) is 0 Å². The predicted molar refractivity (Wildman–Crippen MR) is 73.0 cm³/mol. The molecule has 94 valence electrons. The molecule has 0 unspecified atom stereocenters. The van der Waals surface area contributed by atoms with Crippen LogP contribution in [0.4, 0.5) is 17.5 Å². The minimum atomic E-state index is -0.220. The van der Waals surface area contributed by atoms with E-state index in [9.17, 15) is 4.79 Å². The van der Waals surface area contributed by atoms with Gasteiger partial charge in [0, 0.05) is 11.4 Å². The first kappa shape index (κ1) is 11.1. The highest BCUT2D eigenvalue weighted by atomic mass is 32.1. The van der Waals surface area contributed by atoms with Crippen molar-refractivity contribution >= 4 is 28.8 Å². The van der Waals surface area contributed by atoms with Gasteiger partial charge in [0.15, 0.2) is 5.82 Å². The molecule has 0 radical (unpaired) electrons. The summed E-state index contributed by atoms with van der Waals surface area (Å²) < 4.78 is 0. The summed E-state index contributed by atoms with van der Waals surface area (Å²) in [4.78, 5) is 21.7. The standard InChI is InChI=1S/C11H13N5OS/c1-6-7(2-3-18-6)4-16-5-13-8-9(16)14-11(12)15-10(8)17/h2-3,13H,4-5H2,1H3,(H3,12,14,15,17). The van der Waals surface area contributed by atoms with Crippen LogP contribution in [0, 0.1) is 6.92 Å². The van der Waals surface area contributed by atoms with E-state index in [0.717, 1.165) is 6.54 Å². The molecule has 1 aliphatic heterocycles. The zero-order valence-corrected chi connectivity index (χ0v) is 10.7. The first-order valence-electron chi connectivity index (χ1n) is 5.57. The van der Waals surface area contributed by atoms with E-state index in [4.69, 9.17) is 5.73 Å². The lowest BCUT2D eigenvalue weighted by molar-refractivity contribution is 0.854. The summed E-state index contributed by atoms with van der Waals surface area (Å²) in [6, 6.07) is 2.09. The maximum atomic E-state index is 11.7. The lowest BCUT2D eigenvalue weighted by Crippen LogP contribution is -2.23. The molecule has 2 aromatic heterocycles. The normalized spacial score (nSPS) is 13.5. The Hall–Kier alpha value is -2.02. The third-order valence-electron chi connectivity index (χ3n) is 2.99. The zero-order chi connectivity index (χ0) is 12.7. The van der Waals surface area contributed by atoms with E-state index in [1.807, 2.05) is 4.90 Å². The number of nitrogens with one attached hydrogen (secondary N) is 2. The number of thiophene rings is 1. The van der Waals surface area contributed by atoms with Crippen molar-refractivity contribution in [2.24, 2.45) is 0 Å². The lowest BCUT2D eigenvalue weighted by Gasteiger charge is -2.16. The molecule has 3 rings (SSSR count). The molecule has 0 fully saturated rings. The summed E-state index contributed by atoms with van der Waals surface area (Å²) in [5, 5.41) is 5.11. The quantitative estimate of drug-likeness (QED) is 0.755. The van der Waals surface area contributed by atoms with Crippen LogP contribution in [0.15, 0.2) is 16.2 Å². The molecule has 0 atom stereocenters. The van der Waals surface area contributed by atoms with Crippen LogP contribution >= 0.6 is 11.3 Å². The van der Waals surface area contributed by atoms with E-state index < -0.39 is 0 Å². The Kier molecular flexibility index (Phi) is 2.48. The average Bonchev–Trinajstić information content (AvgIpc) is 2.88. The molecule has 3 heterocycles. The lowest BCUT2D eigenvalue weighted by atomic mass is 10.2. The number of nitrogens with two attached hydrogens (primary N) is 1. The number of anilines is 3. The van der Waals surface area contributed by atoms with Gasteiger partial charge in [-0.05, 0) is 23.9 Å². The Balaban J connectivity index is 1.96. The number of hydrogen-bond donors (Lipinski definition) is 3. The molecule has 0 bridgehead atoms. The largest absolute Gasteiger partial charge is 0.369 e. The molecule has 1 aliphatic rings. The van der Waals surface area contributed by atoms with Crippen molar-refractivity contribution < 1.29 is 0 Å². The van der Waals surface area contributed by atoms with Gasteiger partial charge in [-0.1, -0.05) is 0 Å². The van der Waals surface area contributed by atoms with Crippen molar-refractivity contribution in [3.05, 3.63) is 32.2 Å². The van der Waals surface area contributed by atoms with Crippen LogP contribution in [0.3, 0.4) is 0 Å². The third kappa shape index (κ3) is 1.72. The Morgan fingerprint density at radius 2 is 2.44 bits per heavy atom. The third-order valence-corrected chi connectivity index (χ3v) is 3.88. The average molecular weight is 263 g/mol. The molecular formula is C11H13N5OS. The topological polar surface area (TPSA) is 87.0 Å². The van der Waals surface area contributed by atoms with Gasteiger partial charge in [-0.3, -0.25) is 9.78 Å². The number of aromatic nitrogens is 2. The highest BCUT2D eigenvalue weighted by molar-refractivity contribution is 7.10. The molecular weight excluding hydrogens is 250 g/mol. The van der Waals surface area contributed by atoms with Crippen LogP contribution in [-0.4, -0.2) is 16.6 Å². The van der Waals surface area contributed by atoms with E-state index in [0.29, 0.717) is 18.2 Å². The Morgan fingerprint density at radius 3 is 3.17 bits per heavy atom. The fourth-order valence-electron chi connectivity index (χ4n) is 2.03. The maximum absolute atomic E-state index is 11.7. The number of H-pyrrole nitrogens is 1. The Labute approximate surface area is 107 Å². The maximum Gasteiger partial charge on any atom is 0.277 e. The Morgan fingerprint density at radius 1 is 1.61 bits per heavy atom. The molecule has 4 N–H and O–H groups in total. The van der Waals surface area contributed by atoms with Crippen molar-refractivity contribution in [1.82, 2.24) is 9.97 Å². The van der Waals surface area contributed by atoms with Crippen molar-refractivity contribution in [1.29, 1.82) is 0 Å². The molecule has 0 aromatic carbocycles. The first-order valence-corrected chi connectivity index (χ1v) is 6.44. The molecule has 18 heavy (non-hydrogen) atoms. The van der Waals surface area contributed by atoms with Crippen LogP contribution in [0.25, 0.3) is 0 Å². The SMILES string of the molecule is Cc1sccc1CN1CNc2c1nc(N)[nH]c2=O. The van der Waals surface area contributed by atoms with E-state index >= 15 is 0 Å². The van der Waals surface area contributed by atoms with Gasteiger partial charge in [-0.2, -0.15) is 4.98 Å². The van der Waals surface area contributed by atoms with Gasteiger partial charge < -0.3 is 16.0 Å². The number of hydrogen-bond acceptors (Lipinski definition) is 6. The molecule has 7 heteroatoms. The van der Waals surface area contributed by atoms with Crippen molar-refractivity contribution in [2.45, 2.75) is 13.5 Å². The van der Waals surface area contributed by atoms with E-state index in [1.54, 1.807) is 11.3 Å². The minimum absolute atomic E-state index is 0.148. The second kappa shape index (κ2) is 4.02. The molecule has 0 saturated heterocycles. The van der Waals surface area contributed by atoms with Crippen LogP contribution in [0.5, 0.6) is 0 Å². The van der Waals surface area contributed by atoms with E-state index in [2.05, 4.69) is 33.7 Å². The van der Waals surface area contributed by atoms with Gasteiger partial charge in [-0.15, -0.1) is 11.3 Å². The Bertz CT molecular complexity index is 647. The fourth-order valence-corrected chi connectivity index (χ4v) is 2.75. The van der Waals surface area contributed by atoms with Gasteiger partial charge in [0.1, 0.15) is 5.69 Å². The van der Waals surface area contributed by atoms with Crippen LogP contribution in [-0.2, 0) is 6.54 Å². The highest BCUT2D eigenvalue weighted by Gasteiger charge is 2.24. The van der Waals surface area contributed by atoms with Gasteiger partial charge >= 0.3 is 0 Å². The number of nitrogens with zero attached hydrogens (tertiary/aromatic N) is 2. The summed E-state index contributed by atoms with van der Waals surface area (Å²) in [5.74, 6) is 0.774. The van der Waals surface area contributed by atoms with Gasteiger partial charge in [0.2, 0.25) is 5.95 Å².